The first-order valence-corrected chi connectivity index (χ1v) is 33.6. The molecule has 8 N–H and O–H groups in total. The normalized spacial score (nSPS) is 17.3. The lowest BCUT2D eigenvalue weighted by atomic mass is 10.0. The van der Waals surface area contributed by atoms with E-state index in [-0.39, 0.29) is 28.3 Å². The first kappa shape index (κ1) is 82.2. The van der Waals surface area contributed by atoms with Gasteiger partial charge < -0.3 is 57.1 Å². The number of anilines is 9. The summed E-state index contributed by atoms with van der Waals surface area (Å²) >= 11 is 0. The number of ether oxygens (including phenoxy) is 1. The van der Waals surface area contributed by atoms with E-state index in [2.05, 4.69) is 51.8 Å². The number of para-hydroxylation sites is 4. The highest BCUT2D eigenvalue weighted by atomic mass is 19.4. The van der Waals surface area contributed by atoms with E-state index < -0.39 is 58.7 Å². The van der Waals surface area contributed by atoms with Crippen LogP contribution in [0.2, 0.25) is 0 Å². The molecule has 0 aromatic heterocycles. The summed E-state index contributed by atoms with van der Waals surface area (Å²) in [6.45, 7) is 30.3. The summed E-state index contributed by atoms with van der Waals surface area (Å²) in [5, 5.41) is 9.14. The molecule has 5 saturated heterocycles. The van der Waals surface area contributed by atoms with E-state index in [9.17, 15) is 65.9 Å². The van der Waals surface area contributed by atoms with Crippen LogP contribution in [0.3, 0.4) is 0 Å². The summed E-state index contributed by atoms with van der Waals surface area (Å²) in [6.07, 6.45) is -18.1. The number of hydrogen-bond acceptors (Lipinski definition) is 16. The van der Waals surface area contributed by atoms with E-state index in [4.69, 9.17) is 32.9 Å². The average molecular weight is 1450 g/mol. The molecule has 5 heterocycles. The second-order valence-electron chi connectivity index (χ2n) is 24.7. The number of piperazine rings is 5. The van der Waals surface area contributed by atoms with Crippen molar-refractivity contribution in [2.45, 2.75) is 64.5 Å². The predicted octanol–water partition coefficient (Wildman–Crippen LogP) is 13.0. The lowest BCUT2D eigenvalue weighted by Gasteiger charge is -2.36. The van der Waals surface area contributed by atoms with Gasteiger partial charge in [-0.1, -0.05) is 57.2 Å². The fourth-order valence-corrected chi connectivity index (χ4v) is 12.6. The zero-order valence-corrected chi connectivity index (χ0v) is 57.6. The van der Waals surface area contributed by atoms with Crippen LogP contribution in [0.15, 0.2) is 104 Å². The van der Waals surface area contributed by atoms with Gasteiger partial charge in [0.25, 0.3) is 0 Å². The minimum atomic E-state index is -4.49. The molecule has 5 aliphatic rings. The van der Waals surface area contributed by atoms with Gasteiger partial charge in [-0.05, 0) is 93.1 Å². The Kier molecular flexibility index (Phi) is 30.5. The largest absolute Gasteiger partial charge is 0.418 e. The van der Waals surface area contributed by atoms with Crippen LogP contribution in [0.5, 0.6) is 0 Å². The smallest absolute Gasteiger partial charge is 0.397 e. The second kappa shape index (κ2) is 37.4. The van der Waals surface area contributed by atoms with Crippen molar-refractivity contribution in [1.29, 1.82) is 5.26 Å². The van der Waals surface area contributed by atoms with Crippen LogP contribution in [-0.4, -0.2) is 202 Å². The third-order valence-electron chi connectivity index (χ3n) is 18.1. The SMILES string of the molecule is C=CCN1CCN(c2cccc(C(F)(F)F)c2N)CC1.CCCN1CCN(c2cccc(C(F)(F)F)c2C#N)CC1.CCCN1CCN(c2cccc(C(F)(F)F)c2N)CC1.CCN1CCN(c2cccc(C(F)(F)F)c2N)CC1.COCCN1CCN(c2cccc(C(F)(F)F)c2N)CC1. The number of hydrogen-bond donors (Lipinski definition) is 4. The van der Waals surface area contributed by atoms with E-state index >= 15 is 0 Å². The van der Waals surface area contributed by atoms with Crippen LogP contribution in [0.25, 0.3) is 0 Å². The fraction of sp³-hybridized carbons (Fsp3) is 0.529. The maximum atomic E-state index is 13.0. The first-order chi connectivity index (χ1) is 47.7. The zero-order chi connectivity index (χ0) is 74.5. The van der Waals surface area contributed by atoms with Gasteiger partial charge in [-0.15, -0.1) is 6.58 Å². The van der Waals surface area contributed by atoms with Gasteiger partial charge in [-0.3, -0.25) is 19.6 Å². The molecule has 5 aromatic rings. The maximum Gasteiger partial charge on any atom is 0.418 e. The molecular weight excluding hydrogens is 1350 g/mol. The number of rotatable bonds is 15. The van der Waals surface area contributed by atoms with Gasteiger partial charge in [-0.2, -0.15) is 71.1 Å². The molecule has 31 heteroatoms. The quantitative estimate of drug-likeness (QED) is 0.0443. The number of nitrogens with two attached hydrogens (primary N) is 4. The van der Waals surface area contributed by atoms with Crippen molar-refractivity contribution in [3.05, 3.63) is 137 Å². The molecule has 0 amide bonds. The molecule has 0 aliphatic carbocycles. The van der Waals surface area contributed by atoms with E-state index in [1.54, 1.807) is 43.5 Å². The van der Waals surface area contributed by atoms with Gasteiger partial charge in [0.1, 0.15) is 6.07 Å². The molecule has 0 unspecified atom stereocenters. The highest BCUT2D eigenvalue weighted by Crippen LogP contribution is 2.43. The maximum absolute atomic E-state index is 13.0. The summed E-state index contributed by atoms with van der Waals surface area (Å²) in [4.78, 5) is 20.9. The van der Waals surface area contributed by atoms with Gasteiger partial charge in [0.05, 0.1) is 91.2 Å². The Morgan fingerprint density at radius 3 is 0.871 bits per heavy atom. The molecule has 5 fully saturated rings. The van der Waals surface area contributed by atoms with Gasteiger partial charge in [0.2, 0.25) is 0 Å². The lowest BCUT2D eigenvalue weighted by molar-refractivity contribution is -0.138. The minimum Gasteiger partial charge on any atom is -0.397 e. The van der Waals surface area contributed by atoms with Crippen LogP contribution in [0.1, 0.15) is 67.0 Å². The number of nitrogen functional groups attached to an aromatic ring is 4. The van der Waals surface area contributed by atoms with Crippen LogP contribution >= 0.6 is 0 Å². The topological polar surface area (TPSA) is 170 Å². The highest BCUT2D eigenvalue weighted by molar-refractivity contribution is 5.75. The van der Waals surface area contributed by atoms with Crippen molar-refractivity contribution in [2.75, 3.05) is 225 Å². The highest BCUT2D eigenvalue weighted by Gasteiger charge is 2.39. The number of methoxy groups -OCH3 is 1. The molecule has 101 heavy (non-hydrogen) atoms. The molecular formula is C70H94F15N15O. The van der Waals surface area contributed by atoms with E-state index in [0.717, 1.165) is 141 Å². The van der Waals surface area contributed by atoms with Gasteiger partial charge in [-0.25, -0.2) is 0 Å². The zero-order valence-electron chi connectivity index (χ0n) is 57.6. The third-order valence-corrected chi connectivity index (χ3v) is 18.1. The molecule has 0 atom stereocenters. The van der Waals surface area contributed by atoms with Crippen molar-refractivity contribution in [2.24, 2.45) is 0 Å². The van der Waals surface area contributed by atoms with E-state index in [1.165, 1.54) is 30.3 Å². The second-order valence-corrected chi connectivity index (χ2v) is 24.7. The van der Waals surface area contributed by atoms with Crippen molar-refractivity contribution < 1.29 is 70.6 Å². The Hall–Kier alpha value is -7.76. The van der Waals surface area contributed by atoms with Crippen LogP contribution < -0.4 is 47.4 Å². The molecule has 560 valence electrons. The molecule has 16 nitrogen and oxygen atoms in total. The van der Waals surface area contributed by atoms with Crippen molar-refractivity contribution in [3.63, 3.8) is 0 Å². The summed E-state index contributed by atoms with van der Waals surface area (Å²) in [6, 6.07) is 22.1. The Labute approximate surface area is 582 Å². The summed E-state index contributed by atoms with van der Waals surface area (Å²) in [5.41, 5.74) is 20.3. The number of nitrogens with zero attached hydrogens (tertiary/aromatic N) is 11. The number of nitriles is 1. The number of likely N-dealkylation sites (N-methyl/N-ethyl adjacent to an activating group) is 1. The standard InChI is InChI=1S/C15H18F3N3.C14H20F3N3O.C14H20F3N3.C14H18F3N3.C13H18F3N3/c1-2-6-20-7-9-21(10-8-20)14-5-3-4-13(12(14)11-19)15(16,17)18;1-21-10-9-19-5-7-20(8-6-19)12-4-2-3-11(13(12)18)14(15,16)17;2*1-2-6-19-7-9-20(10-8-19)12-5-3-4-11(13(12)18)14(15,16)17;1-2-18-6-8-19(9-7-18)11-5-3-4-10(12(11)17)13(14,15)16/h3-5H,2,6-10H2,1H3;2-4H,5-10,18H2,1H3;3-5H,2,6-10,18H2,1H3;2-5H,1,6-10,18H2;3-5H,2,6-9,17H2,1H3. The Morgan fingerprint density at radius 1 is 0.376 bits per heavy atom. The van der Waals surface area contributed by atoms with Crippen LogP contribution in [0, 0.1) is 11.3 Å². The molecule has 0 saturated carbocycles. The molecule has 10 rings (SSSR count). The van der Waals surface area contributed by atoms with E-state index in [0.29, 0.717) is 100 Å². The Bertz CT molecular complexity index is 3390. The number of halogens is 15. The predicted molar refractivity (Wildman–Crippen MR) is 371 cm³/mol. The van der Waals surface area contributed by atoms with Gasteiger partial charge in [0, 0.05) is 151 Å². The fourth-order valence-electron chi connectivity index (χ4n) is 12.6. The van der Waals surface area contributed by atoms with Crippen LogP contribution in [0.4, 0.5) is 117 Å². The Balaban J connectivity index is 0.000000199. The van der Waals surface area contributed by atoms with Crippen molar-refractivity contribution in [1.82, 2.24) is 24.5 Å². The first-order valence-electron chi connectivity index (χ1n) is 33.6. The van der Waals surface area contributed by atoms with Crippen LogP contribution in [-0.2, 0) is 35.6 Å². The summed E-state index contributed by atoms with van der Waals surface area (Å²) < 4.78 is 198. The average Bonchev–Trinajstić information content (AvgIpc) is 0.831. The lowest BCUT2D eigenvalue weighted by Crippen LogP contribution is -2.47. The molecule has 5 aliphatic heterocycles. The molecule has 0 bridgehead atoms. The third kappa shape index (κ3) is 23.4. The van der Waals surface area contributed by atoms with Gasteiger partial charge >= 0.3 is 30.9 Å². The van der Waals surface area contributed by atoms with E-state index in [1.807, 2.05) is 30.6 Å². The molecule has 0 spiro atoms. The van der Waals surface area contributed by atoms with Crippen molar-refractivity contribution in [3.8, 4) is 6.07 Å². The summed E-state index contributed by atoms with van der Waals surface area (Å²) in [7, 11) is 1.65. The molecule has 5 aromatic carbocycles. The molecule has 0 radical (unpaired) electrons. The summed E-state index contributed by atoms with van der Waals surface area (Å²) in [5.74, 6) is 0. The minimum absolute atomic E-state index is 0.163. The van der Waals surface area contributed by atoms with Gasteiger partial charge in [0.15, 0.2) is 0 Å². The number of alkyl halides is 15. The Morgan fingerprint density at radius 2 is 0.624 bits per heavy atom. The monoisotopic (exact) mass is 1450 g/mol. The number of benzene rings is 5. The van der Waals surface area contributed by atoms with Crippen molar-refractivity contribution >= 4 is 51.2 Å².